The van der Waals surface area contributed by atoms with Gasteiger partial charge >= 0.3 is 0 Å². The summed E-state index contributed by atoms with van der Waals surface area (Å²) in [7, 11) is 0. The Hall–Kier alpha value is -1.46. The van der Waals surface area contributed by atoms with E-state index in [1.807, 2.05) is 17.4 Å². The Kier molecular flexibility index (Phi) is 4.31. The van der Waals surface area contributed by atoms with Crippen LogP contribution in [0, 0.1) is 0 Å². The zero-order valence-electron chi connectivity index (χ0n) is 13.3. The third kappa shape index (κ3) is 3.12. The number of hydrogen-bond acceptors (Lipinski definition) is 4. The van der Waals surface area contributed by atoms with E-state index in [0.717, 1.165) is 44.4 Å². The molecule has 2 aliphatic heterocycles. The van der Waals surface area contributed by atoms with E-state index < -0.39 is 0 Å². The quantitative estimate of drug-likeness (QED) is 0.920. The molecule has 0 unspecified atom stereocenters. The lowest BCUT2D eigenvalue weighted by atomic mass is 9.96. The van der Waals surface area contributed by atoms with Crippen molar-refractivity contribution in [2.75, 3.05) is 19.6 Å². The highest BCUT2D eigenvalue weighted by molar-refractivity contribution is 7.18. The number of carbonyl (C=O) groups is 1. The minimum Gasteiger partial charge on any atom is -0.341 e. The molecule has 2 aliphatic rings. The van der Waals surface area contributed by atoms with E-state index in [-0.39, 0.29) is 6.04 Å². The van der Waals surface area contributed by atoms with Crippen LogP contribution in [0.3, 0.4) is 0 Å². The van der Waals surface area contributed by atoms with Crippen LogP contribution in [0.4, 0.5) is 0 Å². The first-order valence-electron chi connectivity index (χ1n) is 8.69. The third-order valence-electron chi connectivity index (χ3n) is 5.07. The summed E-state index contributed by atoms with van der Waals surface area (Å²) in [6, 6.07) is 8.40. The Labute approximate surface area is 140 Å². The third-order valence-corrected chi connectivity index (χ3v) is 6.27. The summed E-state index contributed by atoms with van der Waals surface area (Å²) in [6.45, 7) is 2.73. The number of rotatable bonds is 2. The summed E-state index contributed by atoms with van der Waals surface area (Å²) < 4.78 is 1.27. The average Bonchev–Trinajstić information content (AvgIpc) is 3.06. The fourth-order valence-electron chi connectivity index (χ4n) is 3.69. The molecular weight excluding hydrogens is 306 g/mol. The molecule has 1 aromatic heterocycles. The zero-order valence-corrected chi connectivity index (χ0v) is 14.1. The average molecular weight is 329 g/mol. The molecule has 3 heterocycles. The van der Waals surface area contributed by atoms with Crippen LogP contribution >= 0.6 is 11.3 Å². The van der Waals surface area contributed by atoms with Gasteiger partial charge in [0, 0.05) is 19.0 Å². The number of hydrogen-bond donors (Lipinski definition) is 1. The Balaban J connectivity index is 1.39. The monoisotopic (exact) mass is 329 g/mol. The van der Waals surface area contributed by atoms with Gasteiger partial charge in [-0.2, -0.15) is 0 Å². The van der Waals surface area contributed by atoms with Crippen LogP contribution in [0.1, 0.15) is 43.0 Å². The first kappa shape index (κ1) is 15.1. The number of thiazole rings is 1. The molecule has 4 nitrogen and oxygen atoms in total. The molecule has 1 atom stereocenters. The summed E-state index contributed by atoms with van der Waals surface area (Å²) in [5.74, 6) is 0.822. The summed E-state index contributed by atoms with van der Waals surface area (Å²) in [6.07, 6.45) is 5.45. The number of amides is 1. The molecule has 0 aliphatic carbocycles. The summed E-state index contributed by atoms with van der Waals surface area (Å²) >= 11 is 1.81. The molecule has 5 heteroatoms. The fraction of sp³-hybridized carbons (Fsp3) is 0.556. The SMILES string of the molecule is O=C([C@H]1CCCCN1)N1CCC(c2nc3ccccc3s2)CC1. The van der Waals surface area contributed by atoms with E-state index in [1.54, 1.807) is 0 Å². The molecule has 4 rings (SSSR count). The molecule has 2 fully saturated rings. The van der Waals surface area contributed by atoms with Crippen molar-refractivity contribution >= 4 is 27.5 Å². The molecule has 122 valence electrons. The molecule has 23 heavy (non-hydrogen) atoms. The van der Waals surface area contributed by atoms with Crippen molar-refractivity contribution in [3.63, 3.8) is 0 Å². The lowest BCUT2D eigenvalue weighted by Gasteiger charge is -2.35. The van der Waals surface area contributed by atoms with Gasteiger partial charge in [-0.05, 0) is 44.4 Å². The molecule has 0 bridgehead atoms. The lowest BCUT2D eigenvalue weighted by Crippen LogP contribution is -2.50. The van der Waals surface area contributed by atoms with Gasteiger partial charge in [0.25, 0.3) is 0 Å². The van der Waals surface area contributed by atoms with Crippen LogP contribution in [0.25, 0.3) is 10.2 Å². The number of piperidine rings is 2. The molecule has 2 aromatic rings. The van der Waals surface area contributed by atoms with Gasteiger partial charge in [0.05, 0.1) is 21.3 Å². The largest absolute Gasteiger partial charge is 0.341 e. The van der Waals surface area contributed by atoms with E-state index in [9.17, 15) is 4.79 Å². The van der Waals surface area contributed by atoms with Gasteiger partial charge in [-0.25, -0.2) is 4.98 Å². The predicted octanol–water partition coefficient (Wildman–Crippen LogP) is 3.14. The Bertz CT molecular complexity index is 651. The second kappa shape index (κ2) is 6.57. The Morgan fingerprint density at radius 3 is 2.74 bits per heavy atom. The topological polar surface area (TPSA) is 45.2 Å². The van der Waals surface area contributed by atoms with Gasteiger partial charge in [0.2, 0.25) is 5.91 Å². The van der Waals surface area contributed by atoms with Gasteiger partial charge < -0.3 is 10.2 Å². The standard InChI is InChI=1S/C18H23N3OS/c22-18(15-6-3-4-10-19-15)21-11-8-13(9-12-21)17-20-14-5-1-2-7-16(14)23-17/h1-2,5,7,13,15,19H,3-4,6,8-12H2/t15-/m1/s1. The molecule has 1 N–H and O–H groups in total. The van der Waals surface area contributed by atoms with Crippen molar-refractivity contribution in [3.8, 4) is 0 Å². The van der Waals surface area contributed by atoms with Crippen LogP contribution in [0.15, 0.2) is 24.3 Å². The highest BCUT2D eigenvalue weighted by atomic mass is 32.1. The van der Waals surface area contributed by atoms with Gasteiger partial charge in [0.15, 0.2) is 0 Å². The van der Waals surface area contributed by atoms with Gasteiger partial charge in [-0.15, -0.1) is 11.3 Å². The van der Waals surface area contributed by atoms with E-state index >= 15 is 0 Å². The van der Waals surface area contributed by atoms with Gasteiger partial charge in [-0.1, -0.05) is 18.6 Å². The van der Waals surface area contributed by atoms with Crippen molar-refractivity contribution in [3.05, 3.63) is 29.3 Å². The smallest absolute Gasteiger partial charge is 0.239 e. The van der Waals surface area contributed by atoms with Crippen LogP contribution in [0.2, 0.25) is 0 Å². The highest BCUT2D eigenvalue weighted by Gasteiger charge is 2.30. The number of para-hydroxylation sites is 1. The number of benzene rings is 1. The van der Waals surface area contributed by atoms with Crippen molar-refractivity contribution in [2.45, 2.75) is 44.1 Å². The van der Waals surface area contributed by atoms with Crippen LogP contribution in [-0.4, -0.2) is 41.5 Å². The minimum atomic E-state index is 0.0581. The molecule has 1 amide bonds. The molecule has 0 radical (unpaired) electrons. The number of fused-ring (bicyclic) bond motifs is 1. The molecule has 0 saturated carbocycles. The fourth-order valence-corrected chi connectivity index (χ4v) is 4.83. The maximum Gasteiger partial charge on any atom is 0.239 e. The van der Waals surface area contributed by atoms with Gasteiger partial charge in [0.1, 0.15) is 0 Å². The molecular formula is C18H23N3OS. The van der Waals surface area contributed by atoms with Crippen molar-refractivity contribution in [1.29, 1.82) is 0 Å². The predicted molar refractivity (Wildman–Crippen MR) is 93.8 cm³/mol. The maximum absolute atomic E-state index is 12.6. The Morgan fingerprint density at radius 1 is 1.17 bits per heavy atom. The molecule has 0 spiro atoms. The number of carbonyl (C=O) groups excluding carboxylic acids is 1. The van der Waals surface area contributed by atoms with Crippen LogP contribution in [0.5, 0.6) is 0 Å². The van der Waals surface area contributed by atoms with E-state index in [2.05, 4.69) is 28.4 Å². The zero-order chi connectivity index (χ0) is 15.6. The van der Waals surface area contributed by atoms with Crippen molar-refractivity contribution in [1.82, 2.24) is 15.2 Å². The number of nitrogens with zero attached hydrogens (tertiary/aromatic N) is 2. The minimum absolute atomic E-state index is 0.0581. The summed E-state index contributed by atoms with van der Waals surface area (Å²) in [5.41, 5.74) is 1.11. The lowest BCUT2D eigenvalue weighted by molar-refractivity contribution is -0.135. The van der Waals surface area contributed by atoms with Crippen molar-refractivity contribution in [2.24, 2.45) is 0 Å². The highest BCUT2D eigenvalue weighted by Crippen LogP contribution is 2.34. The van der Waals surface area contributed by atoms with Crippen molar-refractivity contribution < 1.29 is 4.79 Å². The summed E-state index contributed by atoms with van der Waals surface area (Å²) in [5, 5.41) is 4.62. The van der Waals surface area contributed by atoms with E-state index in [0.29, 0.717) is 11.8 Å². The maximum atomic E-state index is 12.6. The first-order valence-corrected chi connectivity index (χ1v) is 9.50. The number of aromatic nitrogens is 1. The van der Waals surface area contributed by atoms with E-state index in [4.69, 9.17) is 4.98 Å². The molecule has 1 aromatic carbocycles. The van der Waals surface area contributed by atoms with Crippen LogP contribution in [-0.2, 0) is 4.79 Å². The number of likely N-dealkylation sites (tertiary alicyclic amines) is 1. The summed E-state index contributed by atoms with van der Waals surface area (Å²) in [4.78, 5) is 19.4. The second-order valence-electron chi connectivity index (χ2n) is 6.62. The van der Waals surface area contributed by atoms with E-state index in [1.165, 1.54) is 22.5 Å². The van der Waals surface area contributed by atoms with Gasteiger partial charge in [-0.3, -0.25) is 4.79 Å². The van der Waals surface area contributed by atoms with Crippen LogP contribution < -0.4 is 5.32 Å². The second-order valence-corrected chi connectivity index (χ2v) is 7.68. The Morgan fingerprint density at radius 2 is 2.00 bits per heavy atom. The normalized spacial score (nSPS) is 23.3. The first-order chi connectivity index (χ1) is 11.3. The number of nitrogens with one attached hydrogen (secondary N) is 1. The molecule has 2 saturated heterocycles.